The lowest BCUT2D eigenvalue weighted by molar-refractivity contribution is 0.0162. The highest BCUT2D eigenvalue weighted by molar-refractivity contribution is 6.36. The van der Waals surface area contributed by atoms with Crippen LogP contribution in [0.25, 0.3) is 11.3 Å². The Morgan fingerprint density at radius 2 is 1.94 bits per heavy atom. The number of amides is 1. The molecule has 1 aromatic heterocycles. The van der Waals surface area contributed by atoms with Gasteiger partial charge in [0.05, 0.1) is 22.4 Å². The first kappa shape index (κ1) is 21.4. The lowest BCUT2D eigenvalue weighted by atomic mass is 10.1. The van der Waals surface area contributed by atoms with Crippen molar-refractivity contribution in [2.75, 3.05) is 18.5 Å². The van der Waals surface area contributed by atoms with Crippen LogP contribution < -0.4 is 5.32 Å². The second kappa shape index (κ2) is 9.56. The average molecular weight is 460 g/mol. The van der Waals surface area contributed by atoms with Crippen molar-refractivity contribution in [2.24, 2.45) is 0 Å². The van der Waals surface area contributed by atoms with Crippen molar-refractivity contribution >= 4 is 40.8 Å². The molecule has 0 radical (unpaired) electrons. The lowest BCUT2D eigenvalue weighted by Gasteiger charge is -2.12. The van der Waals surface area contributed by atoms with E-state index in [1.165, 1.54) is 6.07 Å². The first-order chi connectivity index (χ1) is 15.0. The first-order valence-electron chi connectivity index (χ1n) is 9.75. The van der Waals surface area contributed by atoms with Crippen molar-refractivity contribution in [1.29, 1.82) is 0 Å². The average Bonchev–Trinajstić information content (AvgIpc) is 3.45. The molecule has 1 unspecified atom stereocenters. The van der Waals surface area contributed by atoms with Crippen molar-refractivity contribution in [3.05, 3.63) is 76.0 Å². The molecule has 0 spiro atoms. The third-order valence-corrected chi connectivity index (χ3v) is 5.39. The molecule has 31 heavy (non-hydrogen) atoms. The minimum atomic E-state index is -0.528. The van der Waals surface area contributed by atoms with Crippen molar-refractivity contribution in [2.45, 2.75) is 18.9 Å². The number of benzene rings is 2. The van der Waals surface area contributed by atoms with Crippen LogP contribution in [0, 0.1) is 0 Å². The van der Waals surface area contributed by atoms with Crippen LogP contribution in [0.3, 0.4) is 0 Å². The van der Waals surface area contributed by atoms with E-state index >= 15 is 0 Å². The van der Waals surface area contributed by atoms with Gasteiger partial charge >= 0.3 is 5.97 Å². The fourth-order valence-corrected chi connectivity index (χ4v) is 3.77. The topological polar surface area (TPSA) is 77.8 Å². The zero-order chi connectivity index (χ0) is 21.8. The van der Waals surface area contributed by atoms with Gasteiger partial charge in [-0.1, -0.05) is 35.3 Å². The zero-order valence-electron chi connectivity index (χ0n) is 16.4. The predicted molar refractivity (Wildman–Crippen MR) is 118 cm³/mol. The van der Waals surface area contributed by atoms with E-state index in [4.69, 9.17) is 37.1 Å². The van der Waals surface area contributed by atoms with Gasteiger partial charge in [-0.15, -0.1) is 0 Å². The molecule has 1 saturated heterocycles. The summed E-state index contributed by atoms with van der Waals surface area (Å²) in [5.41, 5.74) is 1.19. The first-order valence-corrected chi connectivity index (χ1v) is 10.5. The van der Waals surface area contributed by atoms with Crippen LogP contribution in [-0.4, -0.2) is 31.2 Å². The van der Waals surface area contributed by atoms with E-state index in [0.29, 0.717) is 33.7 Å². The van der Waals surface area contributed by atoms with E-state index < -0.39 is 11.9 Å². The standard InChI is InChI=1S/C23H19Cl2NO5/c24-14-7-8-16(18(25)12-14)20-9-10-21(31-20)22(27)26-19-6-2-1-5-17(19)23(28)30-13-15-4-3-11-29-15/h1-2,5-10,12,15H,3-4,11,13H2,(H,26,27). The summed E-state index contributed by atoms with van der Waals surface area (Å²) < 4.78 is 16.5. The Bertz CT molecular complexity index is 1100. The minimum Gasteiger partial charge on any atom is -0.459 e. The van der Waals surface area contributed by atoms with E-state index in [-0.39, 0.29) is 24.0 Å². The molecule has 1 aliphatic heterocycles. The molecule has 1 atom stereocenters. The monoisotopic (exact) mass is 459 g/mol. The number of hydrogen-bond donors (Lipinski definition) is 1. The van der Waals surface area contributed by atoms with Gasteiger partial charge in [-0.25, -0.2) is 4.79 Å². The Balaban J connectivity index is 1.46. The molecule has 1 N–H and O–H groups in total. The number of carbonyl (C=O) groups is 2. The van der Waals surface area contributed by atoms with Crippen LogP contribution in [0.5, 0.6) is 0 Å². The third-order valence-electron chi connectivity index (χ3n) is 4.85. The van der Waals surface area contributed by atoms with E-state index in [0.717, 1.165) is 12.8 Å². The molecule has 0 aliphatic carbocycles. The molecule has 4 rings (SSSR count). The summed E-state index contributed by atoms with van der Waals surface area (Å²) in [6, 6.07) is 14.8. The van der Waals surface area contributed by atoms with Gasteiger partial charge in [0.25, 0.3) is 5.91 Å². The van der Waals surface area contributed by atoms with Crippen molar-refractivity contribution in [1.82, 2.24) is 0 Å². The molecule has 0 saturated carbocycles. The highest BCUT2D eigenvalue weighted by Crippen LogP contribution is 2.31. The number of rotatable bonds is 6. The number of nitrogens with one attached hydrogen (secondary N) is 1. The Hall–Kier alpha value is -2.80. The number of ether oxygens (including phenoxy) is 2. The number of esters is 1. The summed E-state index contributed by atoms with van der Waals surface area (Å²) in [6.45, 7) is 0.867. The second-order valence-corrected chi connectivity index (χ2v) is 7.86. The number of para-hydroxylation sites is 1. The Kier molecular flexibility index (Phi) is 6.61. The fraction of sp³-hybridized carbons (Fsp3) is 0.217. The van der Waals surface area contributed by atoms with Gasteiger partial charge in [0.2, 0.25) is 0 Å². The van der Waals surface area contributed by atoms with Crippen molar-refractivity contribution < 1.29 is 23.5 Å². The number of hydrogen-bond acceptors (Lipinski definition) is 5. The van der Waals surface area contributed by atoms with E-state index in [1.54, 1.807) is 48.5 Å². The maximum atomic E-state index is 12.7. The van der Waals surface area contributed by atoms with Crippen LogP contribution in [0.2, 0.25) is 10.0 Å². The van der Waals surface area contributed by atoms with Gasteiger partial charge in [0, 0.05) is 17.2 Å². The molecule has 2 heterocycles. The van der Waals surface area contributed by atoms with E-state index in [1.807, 2.05) is 0 Å². The van der Waals surface area contributed by atoms with Crippen LogP contribution in [0.15, 0.2) is 59.0 Å². The lowest BCUT2D eigenvalue weighted by Crippen LogP contribution is -2.20. The van der Waals surface area contributed by atoms with Gasteiger partial charge in [-0.3, -0.25) is 4.79 Å². The summed E-state index contributed by atoms with van der Waals surface area (Å²) in [7, 11) is 0. The van der Waals surface area contributed by atoms with Gasteiger partial charge in [-0.2, -0.15) is 0 Å². The molecule has 8 heteroatoms. The fourth-order valence-electron chi connectivity index (χ4n) is 3.27. The van der Waals surface area contributed by atoms with Crippen LogP contribution in [0.4, 0.5) is 5.69 Å². The summed E-state index contributed by atoms with van der Waals surface area (Å²) >= 11 is 12.1. The number of carbonyl (C=O) groups excluding carboxylic acids is 2. The molecule has 3 aromatic rings. The summed E-state index contributed by atoms with van der Waals surface area (Å²) in [4.78, 5) is 25.2. The quantitative estimate of drug-likeness (QED) is 0.468. The SMILES string of the molecule is O=C(Nc1ccccc1C(=O)OCC1CCCO1)c1ccc(-c2ccc(Cl)cc2Cl)o1. The normalized spacial score (nSPS) is 15.6. The minimum absolute atomic E-state index is 0.0727. The zero-order valence-corrected chi connectivity index (χ0v) is 17.9. The Labute approximate surface area is 189 Å². The summed E-state index contributed by atoms with van der Waals surface area (Å²) in [5.74, 6) is -0.533. The Morgan fingerprint density at radius 3 is 2.71 bits per heavy atom. The number of halogens is 2. The molecule has 6 nitrogen and oxygen atoms in total. The van der Waals surface area contributed by atoms with Crippen LogP contribution >= 0.6 is 23.2 Å². The maximum Gasteiger partial charge on any atom is 0.340 e. The van der Waals surface area contributed by atoms with Crippen molar-refractivity contribution in [3.63, 3.8) is 0 Å². The molecule has 2 aromatic carbocycles. The van der Waals surface area contributed by atoms with Gasteiger partial charge < -0.3 is 19.2 Å². The summed E-state index contributed by atoms with van der Waals surface area (Å²) in [5, 5.41) is 3.62. The predicted octanol–water partition coefficient (Wildman–Crippen LogP) is 5.84. The molecular formula is C23H19Cl2NO5. The van der Waals surface area contributed by atoms with Gasteiger partial charge in [0.15, 0.2) is 5.76 Å². The van der Waals surface area contributed by atoms with Gasteiger partial charge in [-0.05, 0) is 55.3 Å². The highest BCUT2D eigenvalue weighted by atomic mass is 35.5. The number of furan rings is 1. The third kappa shape index (κ3) is 5.10. The van der Waals surface area contributed by atoms with Crippen LogP contribution in [-0.2, 0) is 9.47 Å². The molecule has 1 fully saturated rings. The second-order valence-electron chi connectivity index (χ2n) is 7.02. The maximum absolute atomic E-state index is 12.7. The van der Waals surface area contributed by atoms with Crippen LogP contribution in [0.1, 0.15) is 33.8 Å². The molecule has 0 bridgehead atoms. The molecule has 160 valence electrons. The Morgan fingerprint density at radius 1 is 1.10 bits per heavy atom. The molecule has 1 amide bonds. The van der Waals surface area contributed by atoms with Crippen molar-refractivity contribution in [3.8, 4) is 11.3 Å². The van der Waals surface area contributed by atoms with E-state index in [2.05, 4.69) is 5.32 Å². The highest BCUT2D eigenvalue weighted by Gasteiger charge is 2.21. The largest absolute Gasteiger partial charge is 0.459 e. The van der Waals surface area contributed by atoms with E-state index in [9.17, 15) is 9.59 Å². The molecule has 1 aliphatic rings. The smallest absolute Gasteiger partial charge is 0.340 e. The number of anilines is 1. The summed E-state index contributed by atoms with van der Waals surface area (Å²) in [6.07, 6.45) is 1.75. The molecular weight excluding hydrogens is 441 g/mol. The van der Waals surface area contributed by atoms with Gasteiger partial charge in [0.1, 0.15) is 12.4 Å².